The minimum atomic E-state index is -0.337. The average Bonchev–Trinajstić information content (AvgIpc) is 2.30. The maximum Gasteiger partial charge on any atom is 0.233 e. The van der Waals surface area contributed by atoms with Gasteiger partial charge in [0.15, 0.2) is 0 Å². The highest BCUT2D eigenvalue weighted by Crippen LogP contribution is 2.08. The molecular weight excluding hydrogens is 220 g/mol. The molecular formula is C11H24N4O2. The number of primary amides is 1. The molecule has 0 aromatic carbocycles. The van der Waals surface area contributed by atoms with Gasteiger partial charge in [0.1, 0.15) is 0 Å². The highest BCUT2D eigenvalue weighted by molar-refractivity contribution is 5.76. The molecule has 0 aliphatic rings. The highest BCUT2D eigenvalue weighted by Gasteiger charge is 2.16. The first-order chi connectivity index (χ1) is 8.01. The van der Waals surface area contributed by atoms with Crippen molar-refractivity contribution in [1.29, 1.82) is 0 Å². The summed E-state index contributed by atoms with van der Waals surface area (Å²) in [5.41, 5.74) is 7.30. The molecule has 0 aliphatic carbocycles. The lowest BCUT2D eigenvalue weighted by Gasteiger charge is -2.27. The van der Waals surface area contributed by atoms with E-state index in [1.165, 1.54) is 0 Å². The number of hydrogen-bond donors (Lipinski definition) is 3. The van der Waals surface area contributed by atoms with Gasteiger partial charge in [0.2, 0.25) is 11.8 Å². The summed E-state index contributed by atoms with van der Waals surface area (Å²) in [6.45, 7) is 5.15. The lowest BCUT2D eigenvalue weighted by Crippen LogP contribution is -2.41. The van der Waals surface area contributed by atoms with Gasteiger partial charge in [-0.15, -0.1) is 0 Å². The van der Waals surface area contributed by atoms with E-state index >= 15 is 0 Å². The largest absolute Gasteiger partial charge is 0.369 e. The molecule has 0 heterocycles. The first-order valence-corrected chi connectivity index (χ1v) is 6.03. The number of rotatable bonds is 9. The van der Waals surface area contributed by atoms with Gasteiger partial charge in [-0.3, -0.25) is 19.9 Å². The molecule has 0 saturated heterocycles. The third-order valence-electron chi connectivity index (χ3n) is 2.73. The van der Waals surface area contributed by atoms with Gasteiger partial charge in [-0.1, -0.05) is 13.3 Å². The molecule has 5 N–H and O–H groups in total. The van der Waals surface area contributed by atoms with Gasteiger partial charge < -0.3 is 5.73 Å². The number of hydrazine groups is 1. The van der Waals surface area contributed by atoms with E-state index in [9.17, 15) is 9.59 Å². The van der Waals surface area contributed by atoms with Crippen LogP contribution in [0.4, 0.5) is 0 Å². The van der Waals surface area contributed by atoms with Crippen molar-refractivity contribution < 1.29 is 9.59 Å². The SMILES string of the molecule is CCCCN(CC(N)=O)C(C)CCC(=O)NN. The van der Waals surface area contributed by atoms with E-state index < -0.39 is 0 Å². The Bertz CT molecular complexity index is 246. The van der Waals surface area contributed by atoms with E-state index in [2.05, 4.69) is 12.3 Å². The monoisotopic (exact) mass is 244 g/mol. The number of carbonyl (C=O) groups is 2. The second-order valence-electron chi connectivity index (χ2n) is 4.25. The maximum absolute atomic E-state index is 11.0. The minimum Gasteiger partial charge on any atom is -0.369 e. The number of nitrogens with one attached hydrogen (secondary N) is 1. The zero-order valence-electron chi connectivity index (χ0n) is 10.7. The third-order valence-corrected chi connectivity index (χ3v) is 2.73. The summed E-state index contributed by atoms with van der Waals surface area (Å²) in [6, 6.07) is 0.145. The van der Waals surface area contributed by atoms with Crippen LogP contribution in [-0.4, -0.2) is 35.8 Å². The Morgan fingerprint density at radius 3 is 2.53 bits per heavy atom. The summed E-state index contributed by atoms with van der Waals surface area (Å²) in [4.78, 5) is 24.0. The topological polar surface area (TPSA) is 101 Å². The summed E-state index contributed by atoms with van der Waals surface area (Å²) in [5.74, 6) is 4.48. The van der Waals surface area contributed by atoms with Gasteiger partial charge in [-0.05, 0) is 26.3 Å². The molecule has 1 unspecified atom stereocenters. The Morgan fingerprint density at radius 2 is 2.06 bits per heavy atom. The Kier molecular flexibility index (Phi) is 8.35. The van der Waals surface area contributed by atoms with Crippen LogP contribution in [0.2, 0.25) is 0 Å². The number of hydrogen-bond acceptors (Lipinski definition) is 4. The van der Waals surface area contributed by atoms with Crippen molar-refractivity contribution in [3.05, 3.63) is 0 Å². The van der Waals surface area contributed by atoms with Crippen molar-refractivity contribution in [2.45, 2.75) is 45.6 Å². The van der Waals surface area contributed by atoms with E-state index in [0.29, 0.717) is 12.8 Å². The van der Waals surface area contributed by atoms with E-state index in [1.807, 2.05) is 11.8 Å². The molecule has 0 bridgehead atoms. The predicted molar refractivity (Wildman–Crippen MR) is 66.7 cm³/mol. The van der Waals surface area contributed by atoms with Gasteiger partial charge in [-0.25, -0.2) is 5.84 Å². The van der Waals surface area contributed by atoms with E-state index in [1.54, 1.807) is 0 Å². The van der Waals surface area contributed by atoms with Crippen LogP contribution in [0.3, 0.4) is 0 Å². The van der Waals surface area contributed by atoms with Gasteiger partial charge in [-0.2, -0.15) is 0 Å². The van der Waals surface area contributed by atoms with E-state index in [0.717, 1.165) is 19.4 Å². The van der Waals surface area contributed by atoms with Crippen molar-refractivity contribution in [1.82, 2.24) is 10.3 Å². The number of nitrogens with two attached hydrogens (primary N) is 2. The number of nitrogens with zero attached hydrogens (tertiary/aromatic N) is 1. The van der Waals surface area contributed by atoms with Gasteiger partial charge in [0.05, 0.1) is 6.54 Å². The average molecular weight is 244 g/mol. The number of unbranched alkanes of at least 4 members (excludes halogenated alkanes) is 1. The summed E-state index contributed by atoms with van der Waals surface area (Å²) >= 11 is 0. The van der Waals surface area contributed by atoms with Gasteiger partial charge >= 0.3 is 0 Å². The molecule has 0 aliphatic heterocycles. The van der Waals surface area contributed by atoms with Crippen LogP contribution in [0.15, 0.2) is 0 Å². The fourth-order valence-corrected chi connectivity index (χ4v) is 1.61. The summed E-state index contributed by atoms with van der Waals surface area (Å²) in [6.07, 6.45) is 3.10. The summed E-state index contributed by atoms with van der Waals surface area (Å²) < 4.78 is 0. The molecule has 100 valence electrons. The molecule has 0 spiro atoms. The second kappa shape index (κ2) is 8.95. The van der Waals surface area contributed by atoms with E-state index in [4.69, 9.17) is 11.6 Å². The molecule has 17 heavy (non-hydrogen) atoms. The standard InChI is InChI=1S/C11H24N4O2/c1-3-4-7-15(8-10(12)16)9(2)5-6-11(17)14-13/h9H,3-8,13H2,1-2H3,(H2,12,16)(H,14,17). The zero-order valence-corrected chi connectivity index (χ0v) is 10.7. The molecule has 0 aromatic heterocycles. The fraction of sp³-hybridized carbons (Fsp3) is 0.818. The van der Waals surface area contributed by atoms with Crippen LogP contribution in [-0.2, 0) is 9.59 Å². The second-order valence-corrected chi connectivity index (χ2v) is 4.25. The molecule has 2 amide bonds. The van der Waals surface area contributed by atoms with Crippen LogP contribution in [0.25, 0.3) is 0 Å². The van der Waals surface area contributed by atoms with Crippen LogP contribution >= 0.6 is 0 Å². The lowest BCUT2D eigenvalue weighted by molar-refractivity contribution is -0.121. The molecule has 1 atom stereocenters. The van der Waals surface area contributed by atoms with Gasteiger partial charge in [0.25, 0.3) is 0 Å². The predicted octanol–water partition coefficient (Wildman–Crippen LogP) is -0.268. The lowest BCUT2D eigenvalue weighted by atomic mass is 10.1. The van der Waals surface area contributed by atoms with Crippen molar-refractivity contribution in [2.75, 3.05) is 13.1 Å². The first kappa shape index (κ1) is 15.9. The smallest absolute Gasteiger partial charge is 0.233 e. The molecule has 0 rings (SSSR count). The highest BCUT2D eigenvalue weighted by atomic mass is 16.2. The summed E-state index contributed by atoms with van der Waals surface area (Å²) in [7, 11) is 0. The van der Waals surface area contributed by atoms with Crippen LogP contribution < -0.4 is 17.0 Å². The molecule has 0 aromatic rings. The molecule has 0 saturated carbocycles. The molecule has 0 radical (unpaired) electrons. The molecule has 0 fully saturated rings. The number of amides is 2. The third kappa shape index (κ3) is 7.70. The van der Waals surface area contributed by atoms with Crippen molar-refractivity contribution in [3.63, 3.8) is 0 Å². The maximum atomic E-state index is 11.0. The zero-order chi connectivity index (χ0) is 13.3. The quantitative estimate of drug-likeness (QED) is 0.295. The van der Waals surface area contributed by atoms with Gasteiger partial charge in [0, 0.05) is 12.5 Å². The Hall–Kier alpha value is -1.14. The summed E-state index contributed by atoms with van der Waals surface area (Å²) in [5, 5.41) is 0. The van der Waals surface area contributed by atoms with Crippen molar-refractivity contribution in [3.8, 4) is 0 Å². The normalized spacial score (nSPS) is 12.5. The Labute approximate surface area is 103 Å². The van der Waals surface area contributed by atoms with E-state index in [-0.39, 0.29) is 24.4 Å². The molecule has 6 nitrogen and oxygen atoms in total. The first-order valence-electron chi connectivity index (χ1n) is 6.03. The Morgan fingerprint density at radius 1 is 1.41 bits per heavy atom. The Balaban J connectivity index is 4.15. The van der Waals surface area contributed by atoms with Crippen molar-refractivity contribution in [2.24, 2.45) is 11.6 Å². The van der Waals surface area contributed by atoms with Crippen LogP contribution in [0.1, 0.15) is 39.5 Å². The molecule has 6 heteroatoms. The van der Waals surface area contributed by atoms with Crippen LogP contribution in [0.5, 0.6) is 0 Å². The van der Waals surface area contributed by atoms with Crippen molar-refractivity contribution >= 4 is 11.8 Å². The van der Waals surface area contributed by atoms with Crippen LogP contribution in [0, 0.1) is 0 Å². The number of carbonyl (C=O) groups excluding carboxylic acids is 2. The minimum absolute atomic E-state index is 0.145. The fourth-order valence-electron chi connectivity index (χ4n) is 1.61.